The second-order valence-corrected chi connectivity index (χ2v) is 5.09. The Balaban J connectivity index is 1.79. The van der Waals surface area contributed by atoms with Gasteiger partial charge in [-0.2, -0.15) is 5.26 Å². The van der Waals surface area contributed by atoms with Gasteiger partial charge in [-0.1, -0.05) is 24.3 Å². The van der Waals surface area contributed by atoms with Crippen molar-refractivity contribution in [3.8, 4) is 6.07 Å². The fourth-order valence-electron chi connectivity index (χ4n) is 2.70. The van der Waals surface area contributed by atoms with Crippen molar-refractivity contribution >= 4 is 11.5 Å². The van der Waals surface area contributed by atoms with E-state index in [9.17, 15) is 0 Å². The molecule has 4 heteroatoms. The molecule has 100 valence electrons. The largest absolute Gasteiger partial charge is 0.395 e. The Kier molecular flexibility index (Phi) is 3.26. The minimum atomic E-state index is 0.314. The van der Waals surface area contributed by atoms with Crippen molar-refractivity contribution in [3.63, 3.8) is 0 Å². The number of pyridine rings is 1. The molecule has 0 fully saturated rings. The van der Waals surface area contributed by atoms with Gasteiger partial charge in [0.15, 0.2) is 5.82 Å². The number of nitrogens with two attached hydrogens (primary N) is 1. The molecular formula is C16H16N4. The van der Waals surface area contributed by atoms with Crippen LogP contribution in [0.4, 0.5) is 11.5 Å². The van der Waals surface area contributed by atoms with E-state index >= 15 is 0 Å². The summed E-state index contributed by atoms with van der Waals surface area (Å²) in [5.74, 6) is 0.619. The highest BCUT2D eigenvalue weighted by molar-refractivity contribution is 5.69. The molecule has 3 N–H and O–H groups in total. The molecule has 0 saturated heterocycles. The van der Waals surface area contributed by atoms with E-state index in [2.05, 4.69) is 40.6 Å². The molecule has 20 heavy (non-hydrogen) atoms. The molecule has 1 aliphatic rings. The normalized spacial score (nSPS) is 17.1. The van der Waals surface area contributed by atoms with Gasteiger partial charge in [0, 0.05) is 12.2 Å². The van der Waals surface area contributed by atoms with Crippen molar-refractivity contribution < 1.29 is 0 Å². The van der Waals surface area contributed by atoms with Gasteiger partial charge in [-0.05, 0) is 36.5 Å². The van der Waals surface area contributed by atoms with E-state index in [-0.39, 0.29) is 0 Å². The molecule has 1 atom stereocenters. The Hall–Kier alpha value is -2.54. The fraction of sp³-hybridized carbons (Fsp3) is 0.250. The number of fused-ring (bicyclic) bond motifs is 1. The highest BCUT2D eigenvalue weighted by Crippen LogP contribution is 2.26. The van der Waals surface area contributed by atoms with Gasteiger partial charge in [0.05, 0.1) is 11.3 Å². The van der Waals surface area contributed by atoms with E-state index in [1.807, 2.05) is 0 Å². The van der Waals surface area contributed by atoms with Crippen molar-refractivity contribution in [2.45, 2.75) is 25.3 Å². The van der Waals surface area contributed by atoms with Crippen LogP contribution in [0.5, 0.6) is 0 Å². The second-order valence-electron chi connectivity index (χ2n) is 5.09. The molecule has 0 amide bonds. The predicted octanol–water partition coefficient (Wildman–Crippen LogP) is 2.50. The third-order valence-electron chi connectivity index (χ3n) is 3.80. The molecule has 1 unspecified atom stereocenters. The van der Waals surface area contributed by atoms with Crippen LogP contribution in [0.1, 0.15) is 23.1 Å². The Morgan fingerprint density at radius 2 is 2.05 bits per heavy atom. The number of aryl methyl sites for hydroxylation is 1. The fourth-order valence-corrected chi connectivity index (χ4v) is 2.70. The number of hydrogen-bond donors (Lipinski definition) is 2. The summed E-state index contributed by atoms with van der Waals surface area (Å²) >= 11 is 0. The molecule has 2 aromatic rings. The lowest BCUT2D eigenvalue weighted by molar-refractivity contribution is 0.609. The smallest absolute Gasteiger partial charge is 0.150 e. The molecule has 0 spiro atoms. The second kappa shape index (κ2) is 5.22. The third kappa shape index (κ3) is 2.30. The minimum absolute atomic E-state index is 0.314. The van der Waals surface area contributed by atoms with Crippen LogP contribution in [-0.2, 0) is 12.8 Å². The van der Waals surface area contributed by atoms with E-state index < -0.39 is 0 Å². The SMILES string of the molecule is N#Cc1ccnc(NC2CCc3ccccc3C2)c1N. The average Bonchev–Trinajstić information content (AvgIpc) is 2.49. The quantitative estimate of drug-likeness (QED) is 0.874. The summed E-state index contributed by atoms with van der Waals surface area (Å²) in [4.78, 5) is 4.25. The first-order valence-electron chi connectivity index (χ1n) is 6.76. The molecule has 3 rings (SSSR count). The Morgan fingerprint density at radius 3 is 2.85 bits per heavy atom. The molecule has 1 aromatic heterocycles. The molecule has 0 aliphatic heterocycles. The van der Waals surface area contributed by atoms with Crippen molar-refractivity contribution in [2.75, 3.05) is 11.1 Å². The molecule has 1 aliphatic carbocycles. The summed E-state index contributed by atoms with van der Waals surface area (Å²) in [6, 6.07) is 12.6. The molecule has 0 radical (unpaired) electrons. The van der Waals surface area contributed by atoms with E-state index in [0.717, 1.165) is 19.3 Å². The Labute approximate surface area is 118 Å². The molecular weight excluding hydrogens is 248 g/mol. The van der Waals surface area contributed by atoms with Crippen LogP contribution >= 0.6 is 0 Å². The summed E-state index contributed by atoms with van der Waals surface area (Å²) in [5, 5.41) is 12.4. The van der Waals surface area contributed by atoms with Gasteiger partial charge in [0.1, 0.15) is 6.07 Å². The van der Waals surface area contributed by atoms with Crippen LogP contribution < -0.4 is 11.1 Å². The number of anilines is 2. The first kappa shape index (κ1) is 12.5. The molecule has 1 aromatic carbocycles. The number of nitrogens with zero attached hydrogens (tertiary/aromatic N) is 2. The summed E-state index contributed by atoms with van der Waals surface area (Å²) < 4.78 is 0. The van der Waals surface area contributed by atoms with Crippen molar-refractivity contribution in [3.05, 3.63) is 53.2 Å². The van der Waals surface area contributed by atoms with Crippen molar-refractivity contribution in [2.24, 2.45) is 0 Å². The molecule has 0 bridgehead atoms. The van der Waals surface area contributed by atoms with Gasteiger partial charge in [-0.25, -0.2) is 4.98 Å². The van der Waals surface area contributed by atoms with Crippen LogP contribution in [0.2, 0.25) is 0 Å². The Bertz CT molecular complexity index is 672. The molecule has 1 heterocycles. The van der Waals surface area contributed by atoms with Gasteiger partial charge in [0.25, 0.3) is 0 Å². The first-order chi connectivity index (χ1) is 9.78. The van der Waals surface area contributed by atoms with Crippen LogP contribution in [-0.4, -0.2) is 11.0 Å². The van der Waals surface area contributed by atoms with Crippen LogP contribution in [0.25, 0.3) is 0 Å². The zero-order chi connectivity index (χ0) is 13.9. The third-order valence-corrected chi connectivity index (χ3v) is 3.80. The topological polar surface area (TPSA) is 74.7 Å². The highest BCUT2D eigenvalue weighted by atomic mass is 15.0. The number of nitrogen functional groups attached to an aromatic ring is 1. The average molecular weight is 264 g/mol. The van der Waals surface area contributed by atoms with Gasteiger partial charge in [0.2, 0.25) is 0 Å². The van der Waals surface area contributed by atoms with Crippen molar-refractivity contribution in [1.29, 1.82) is 5.26 Å². The van der Waals surface area contributed by atoms with Crippen LogP contribution in [0.15, 0.2) is 36.5 Å². The molecule has 0 saturated carbocycles. The summed E-state index contributed by atoms with van der Waals surface area (Å²) in [6.45, 7) is 0. The number of hydrogen-bond acceptors (Lipinski definition) is 4. The highest BCUT2D eigenvalue weighted by Gasteiger charge is 2.19. The van der Waals surface area contributed by atoms with E-state index in [1.165, 1.54) is 11.1 Å². The monoisotopic (exact) mass is 264 g/mol. The predicted molar refractivity (Wildman–Crippen MR) is 79.2 cm³/mol. The standard InChI is InChI=1S/C16H16N4/c17-10-13-7-8-19-16(15(13)18)20-14-6-5-11-3-1-2-4-12(11)9-14/h1-4,7-8,14H,5-6,9,18H2,(H,19,20). The zero-order valence-electron chi connectivity index (χ0n) is 11.1. The van der Waals surface area contributed by atoms with E-state index in [4.69, 9.17) is 11.0 Å². The number of nitriles is 1. The number of nitrogens with one attached hydrogen (secondary N) is 1. The number of benzene rings is 1. The van der Waals surface area contributed by atoms with E-state index in [0.29, 0.717) is 23.1 Å². The number of aromatic nitrogens is 1. The summed E-state index contributed by atoms with van der Waals surface area (Å²) in [5.41, 5.74) is 9.68. The maximum atomic E-state index is 8.99. The van der Waals surface area contributed by atoms with E-state index in [1.54, 1.807) is 12.3 Å². The zero-order valence-corrected chi connectivity index (χ0v) is 11.1. The van der Waals surface area contributed by atoms with Gasteiger partial charge in [-0.15, -0.1) is 0 Å². The maximum absolute atomic E-state index is 8.99. The summed E-state index contributed by atoms with van der Waals surface area (Å²) in [6.07, 6.45) is 4.70. The lowest BCUT2D eigenvalue weighted by Crippen LogP contribution is -2.28. The van der Waals surface area contributed by atoms with Gasteiger partial charge >= 0.3 is 0 Å². The van der Waals surface area contributed by atoms with Crippen molar-refractivity contribution in [1.82, 2.24) is 4.98 Å². The first-order valence-corrected chi connectivity index (χ1v) is 6.76. The Morgan fingerprint density at radius 1 is 1.25 bits per heavy atom. The van der Waals surface area contributed by atoms with Crippen LogP contribution in [0.3, 0.4) is 0 Å². The maximum Gasteiger partial charge on any atom is 0.150 e. The molecule has 4 nitrogen and oxygen atoms in total. The van der Waals surface area contributed by atoms with Gasteiger partial charge < -0.3 is 11.1 Å². The van der Waals surface area contributed by atoms with Gasteiger partial charge in [-0.3, -0.25) is 0 Å². The lowest BCUT2D eigenvalue weighted by atomic mass is 9.88. The lowest BCUT2D eigenvalue weighted by Gasteiger charge is -2.26. The summed E-state index contributed by atoms with van der Waals surface area (Å²) in [7, 11) is 0. The minimum Gasteiger partial charge on any atom is -0.395 e. The van der Waals surface area contributed by atoms with Crippen LogP contribution in [0, 0.1) is 11.3 Å². The number of rotatable bonds is 2.